The molecule has 116 valence electrons. The van der Waals surface area contributed by atoms with Gasteiger partial charge in [0.25, 0.3) is 0 Å². The summed E-state index contributed by atoms with van der Waals surface area (Å²) in [5.74, 6) is -0.468. The van der Waals surface area contributed by atoms with Crippen LogP contribution in [0.1, 0.15) is 59.3 Å². The smallest absolute Gasteiger partial charge is 0.315 e. The van der Waals surface area contributed by atoms with E-state index >= 15 is 0 Å². The van der Waals surface area contributed by atoms with Crippen LogP contribution in [-0.2, 0) is 4.79 Å². The van der Waals surface area contributed by atoms with E-state index in [1.165, 1.54) is 0 Å². The van der Waals surface area contributed by atoms with E-state index in [9.17, 15) is 9.59 Å². The van der Waals surface area contributed by atoms with Crippen LogP contribution >= 0.6 is 0 Å². The molecule has 0 bridgehead atoms. The van der Waals surface area contributed by atoms with Crippen molar-refractivity contribution in [2.75, 3.05) is 6.54 Å². The normalized spacial score (nSPS) is 23.1. The number of aliphatic carboxylic acids is 1. The van der Waals surface area contributed by atoms with Crippen LogP contribution in [0.25, 0.3) is 0 Å². The summed E-state index contributed by atoms with van der Waals surface area (Å²) >= 11 is 0. The lowest BCUT2D eigenvalue weighted by Gasteiger charge is -2.28. The molecule has 0 aromatic heterocycles. The third kappa shape index (κ3) is 5.80. The van der Waals surface area contributed by atoms with Crippen molar-refractivity contribution in [1.29, 1.82) is 0 Å². The highest BCUT2D eigenvalue weighted by molar-refractivity contribution is 5.74. The molecular formula is C15H28N2O3. The Labute approximate surface area is 121 Å². The number of carbonyl (C=O) groups excluding carboxylic acids is 1. The van der Waals surface area contributed by atoms with Crippen molar-refractivity contribution in [3.63, 3.8) is 0 Å². The van der Waals surface area contributed by atoms with Gasteiger partial charge in [-0.3, -0.25) is 4.79 Å². The summed E-state index contributed by atoms with van der Waals surface area (Å²) in [6.07, 6.45) is 5.21. The number of rotatable bonds is 6. The fraction of sp³-hybridized carbons (Fsp3) is 0.867. The SMILES string of the molecule is CCCC(C)(C)NC(=O)NCC1CCC(C(=O)O)CC1. The summed E-state index contributed by atoms with van der Waals surface area (Å²) in [5, 5.41) is 14.8. The topological polar surface area (TPSA) is 78.4 Å². The maximum atomic E-state index is 11.8. The average molecular weight is 284 g/mol. The van der Waals surface area contributed by atoms with Crippen LogP contribution in [0.5, 0.6) is 0 Å². The lowest BCUT2D eigenvalue weighted by atomic mass is 9.82. The van der Waals surface area contributed by atoms with Crippen LogP contribution in [-0.4, -0.2) is 29.2 Å². The second kappa shape index (κ2) is 7.50. The number of carboxylic acid groups (broad SMARTS) is 1. The second-order valence-corrected chi connectivity index (χ2v) is 6.52. The molecule has 1 saturated carbocycles. The molecule has 2 amide bonds. The maximum Gasteiger partial charge on any atom is 0.315 e. The highest BCUT2D eigenvalue weighted by Gasteiger charge is 2.26. The summed E-state index contributed by atoms with van der Waals surface area (Å²) in [5.41, 5.74) is -0.181. The van der Waals surface area contributed by atoms with E-state index in [2.05, 4.69) is 17.6 Å². The van der Waals surface area contributed by atoms with E-state index in [0.29, 0.717) is 12.5 Å². The fourth-order valence-corrected chi connectivity index (χ4v) is 2.89. The largest absolute Gasteiger partial charge is 0.481 e. The molecule has 0 unspecified atom stereocenters. The van der Waals surface area contributed by atoms with Crippen molar-refractivity contribution < 1.29 is 14.7 Å². The quantitative estimate of drug-likeness (QED) is 0.701. The Kier molecular flexibility index (Phi) is 6.30. The molecule has 1 aliphatic rings. The highest BCUT2D eigenvalue weighted by atomic mass is 16.4. The first-order valence-corrected chi connectivity index (χ1v) is 7.63. The van der Waals surface area contributed by atoms with Crippen molar-refractivity contribution in [3.05, 3.63) is 0 Å². The Hall–Kier alpha value is -1.26. The minimum absolute atomic E-state index is 0.121. The molecule has 0 spiro atoms. The molecule has 5 nitrogen and oxygen atoms in total. The second-order valence-electron chi connectivity index (χ2n) is 6.52. The molecule has 0 heterocycles. The van der Waals surface area contributed by atoms with E-state index in [1.807, 2.05) is 13.8 Å². The standard InChI is InChI=1S/C15H28N2O3/c1-4-9-15(2,3)17-14(20)16-10-11-5-7-12(8-6-11)13(18)19/h11-12H,4-10H2,1-3H3,(H,18,19)(H2,16,17,20). The van der Waals surface area contributed by atoms with Crippen LogP contribution in [0.2, 0.25) is 0 Å². The third-order valence-electron chi connectivity index (χ3n) is 4.07. The molecular weight excluding hydrogens is 256 g/mol. The number of carboxylic acids is 1. The minimum Gasteiger partial charge on any atom is -0.481 e. The van der Waals surface area contributed by atoms with Crippen LogP contribution < -0.4 is 10.6 Å². The number of hydrogen-bond acceptors (Lipinski definition) is 2. The Morgan fingerprint density at radius 1 is 1.20 bits per heavy atom. The van der Waals surface area contributed by atoms with E-state index in [0.717, 1.165) is 38.5 Å². The molecule has 0 aromatic carbocycles. The van der Waals surface area contributed by atoms with E-state index < -0.39 is 5.97 Å². The van der Waals surface area contributed by atoms with Crippen LogP contribution in [0, 0.1) is 11.8 Å². The Bertz CT molecular complexity index is 334. The first-order valence-electron chi connectivity index (χ1n) is 7.63. The van der Waals surface area contributed by atoms with Gasteiger partial charge < -0.3 is 15.7 Å². The minimum atomic E-state index is -0.685. The Morgan fingerprint density at radius 2 is 1.80 bits per heavy atom. The van der Waals surface area contributed by atoms with E-state index in [4.69, 9.17) is 5.11 Å². The van der Waals surface area contributed by atoms with Crippen LogP contribution in [0.3, 0.4) is 0 Å². The number of hydrogen-bond donors (Lipinski definition) is 3. The molecule has 0 radical (unpaired) electrons. The zero-order valence-electron chi connectivity index (χ0n) is 12.9. The molecule has 0 aromatic rings. The third-order valence-corrected chi connectivity index (χ3v) is 4.07. The van der Waals surface area contributed by atoms with Gasteiger partial charge in [0.1, 0.15) is 0 Å². The summed E-state index contributed by atoms with van der Waals surface area (Å²) < 4.78 is 0. The Balaban J connectivity index is 2.24. The van der Waals surface area contributed by atoms with Gasteiger partial charge >= 0.3 is 12.0 Å². The summed E-state index contributed by atoms with van der Waals surface area (Å²) in [4.78, 5) is 22.7. The average Bonchev–Trinajstić information content (AvgIpc) is 2.36. The van der Waals surface area contributed by atoms with E-state index in [-0.39, 0.29) is 17.5 Å². The van der Waals surface area contributed by atoms with Gasteiger partial charge in [-0.2, -0.15) is 0 Å². The monoisotopic (exact) mass is 284 g/mol. The van der Waals surface area contributed by atoms with Crippen molar-refractivity contribution in [2.24, 2.45) is 11.8 Å². The first-order chi connectivity index (χ1) is 9.34. The van der Waals surface area contributed by atoms with Crippen molar-refractivity contribution in [1.82, 2.24) is 10.6 Å². The van der Waals surface area contributed by atoms with Crippen LogP contribution in [0.4, 0.5) is 4.79 Å². The van der Waals surface area contributed by atoms with Gasteiger partial charge in [-0.15, -0.1) is 0 Å². The molecule has 3 N–H and O–H groups in total. The van der Waals surface area contributed by atoms with Gasteiger partial charge in [0.05, 0.1) is 5.92 Å². The predicted octanol–water partition coefficient (Wildman–Crippen LogP) is 2.76. The fourth-order valence-electron chi connectivity index (χ4n) is 2.89. The van der Waals surface area contributed by atoms with Gasteiger partial charge in [-0.1, -0.05) is 13.3 Å². The van der Waals surface area contributed by atoms with Gasteiger partial charge in [0.2, 0.25) is 0 Å². The molecule has 1 rings (SSSR count). The molecule has 0 aliphatic heterocycles. The molecule has 5 heteroatoms. The lowest BCUT2D eigenvalue weighted by Crippen LogP contribution is -2.49. The van der Waals surface area contributed by atoms with Crippen molar-refractivity contribution >= 4 is 12.0 Å². The summed E-state index contributed by atoms with van der Waals surface area (Å²) in [6, 6.07) is -0.121. The lowest BCUT2D eigenvalue weighted by molar-refractivity contribution is -0.143. The van der Waals surface area contributed by atoms with Gasteiger partial charge in [-0.25, -0.2) is 4.79 Å². The Morgan fingerprint density at radius 3 is 2.30 bits per heavy atom. The number of carbonyl (C=O) groups is 2. The highest BCUT2D eigenvalue weighted by Crippen LogP contribution is 2.28. The van der Waals surface area contributed by atoms with Gasteiger partial charge in [0.15, 0.2) is 0 Å². The molecule has 0 saturated heterocycles. The van der Waals surface area contributed by atoms with Crippen molar-refractivity contribution in [2.45, 2.75) is 64.8 Å². The van der Waals surface area contributed by atoms with E-state index in [1.54, 1.807) is 0 Å². The molecule has 1 aliphatic carbocycles. The van der Waals surface area contributed by atoms with Crippen LogP contribution in [0.15, 0.2) is 0 Å². The molecule has 0 atom stereocenters. The predicted molar refractivity (Wildman–Crippen MR) is 78.6 cm³/mol. The summed E-state index contributed by atoms with van der Waals surface area (Å²) in [6.45, 7) is 6.78. The first kappa shape index (κ1) is 16.8. The number of amides is 2. The molecule has 20 heavy (non-hydrogen) atoms. The zero-order valence-corrected chi connectivity index (χ0v) is 12.9. The number of urea groups is 1. The maximum absolute atomic E-state index is 11.8. The molecule has 1 fully saturated rings. The zero-order chi connectivity index (χ0) is 15.2. The number of nitrogens with one attached hydrogen (secondary N) is 2. The summed E-state index contributed by atoms with van der Waals surface area (Å²) in [7, 11) is 0. The van der Waals surface area contributed by atoms with Crippen molar-refractivity contribution in [3.8, 4) is 0 Å². The van der Waals surface area contributed by atoms with Gasteiger partial charge in [0, 0.05) is 12.1 Å². The van der Waals surface area contributed by atoms with Gasteiger partial charge in [-0.05, 0) is 51.9 Å².